The molecular formula is C16H22Cl2N2O. The summed E-state index contributed by atoms with van der Waals surface area (Å²) in [6.07, 6.45) is 3.61. The topological polar surface area (TPSA) is 46.3 Å². The second-order valence-corrected chi connectivity index (χ2v) is 6.70. The van der Waals surface area contributed by atoms with Crippen LogP contribution in [0.2, 0.25) is 10.0 Å². The number of nitrogens with zero attached hydrogens (tertiary/aromatic N) is 1. The highest BCUT2D eigenvalue weighted by Crippen LogP contribution is 2.30. The number of carbonyl (C=O) groups is 1. The quantitative estimate of drug-likeness (QED) is 0.826. The SMILES string of the molecule is CC(CN)CCC(=O)N(Cc1ccc(Cl)c(Cl)c1)C1CC1. The smallest absolute Gasteiger partial charge is 0.223 e. The normalized spacial score (nSPS) is 15.8. The van der Waals surface area contributed by atoms with Gasteiger partial charge in [-0.15, -0.1) is 0 Å². The average Bonchev–Trinajstić information content (AvgIpc) is 3.30. The fourth-order valence-corrected chi connectivity index (χ4v) is 2.59. The first-order valence-electron chi connectivity index (χ1n) is 7.44. The number of carbonyl (C=O) groups excluding carboxylic acids is 1. The maximum Gasteiger partial charge on any atom is 0.223 e. The van der Waals surface area contributed by atoms with Crippen LogP contribution in [0.15, 0.2) is 18.2 Å². The fraction of sp³-hybridized carbons (Fsp3) is 0.562. The van der Waals surface area contributed by atoms with Crippen molar-refractivity contribution in [2.75, 3.05) is 6.54 Å². The minimum absolute atomic E-state index is 0.212. The van der Waals surface area contributed by atoms with Crippen LogP contribution in [0, 0.1) is 5.92 Å². The lowest BCUT2D eigenvalue weighted by Crippen LogP contribution is -2.33. The molecule has 0 radical (unpaired) electrons. The second kappa shape index (κ2) is 7.48. The highest BCUT2D eigenvalue weighted by Gasteiger charge is 2.32. The Labute approximate surface area is 136 Å². The zero-order valence-corrected chi connectivity index (χ0v) is 13.8. The van der Waals surface area contributed by atoms with E-state index in [1.807, 2.05) is 17.0 Å². The van der Waals surface area contributed by atoms with Crippen LogP contribution in [0.4, 0.5) is 0 Å². The number of rotatable bonds is 7. The predicted molar refractivity (Wildman–Crippen MR) is 87.5 cm³/mol. The highest BCUT2D eigenvalue weighted by atomic mass is 35.5. The van der Waals surface area contributed by atoms with Crippen molar-refractivity contribution < 1.29 is 4.79 Å². The van der Waals surface area contributed by atoms with Crippen LogP contribution in [0.1, 0.15) is 38.2 Å². The first-order valence-corrected chi connectivity index (χ1v) is 8.20. The molecule has 1 aromatic carbocycles. The van der Waals surface area contributed by atoms with Gasteiger partial charge >= 0.3 is 0 Å². The minimum atomic E-state index is 0.212. The van der Waals surface area contributed by atoms with Gasteiger partial charge in [-0.25, -0.2) is 0 Å². The Bertz CT molecular complexity index is 503. The molecule has 1 aliphatic rings. The molecular weight excluding hydrogens is 307 g/mol. The van der Waals surface area contributed by atoms with Crippen molar-refractivity contribution in [3.63, 3.8) is 0 Å². The van der Waals surface area contributed by atoms with Crippen molar-refractivity contribution in [1.82, 2.24) is 4.90 Å². The maximum absolute atomic E-state index is 12.4. The molecule has 0 spiro atoms. The summed E-state index contributed by atoms with van der Waals surface area (Å²) in [6.45, 7) is 3.31. The predicted octanol–water partition coefficient (Wildman–Crippen LogP) is 3.86. The van der Waals surface area contributed by atoms with Crippen LogP contribution in [0.25, 0.3) is 0 Å². The molecule has 2 rings (SSSR count). The van der Waals surface area contributed by atoms with Crippen LogP contribution >= 0.6 is 23.2 Å². The molecule has 0 aromatic heterocycles. The Balaban J connectivity index is 1.98. The molecule has 0 saturated heterocycles. The van der Waals surface area contributed by atoms with E-state index < -0.39 is 0 Å². The van der Waals surface area contributed by atoms with E-state index in [-0.39, 0.29) is 5.91 Å². The molecule has 0 bridgehead atoms. The van der Waals surface area contributed by atoms with Gasteiger partial charge in [-0.2, -0.15) is 0 Å². The van der Waals surface area contributed by atoms with Gasteiger partial charge in [0.1, 0.15) is 0 Å². The Morgan fingerprint density at radius 2 is 2.10 bits per heavy atom. The second-order valence-electron chi connectivity index (χ2n) is 5.88. The van der Waals surface area contributed by atoms with E-state index >= 15 is 0 Å². The van der Waals surface area contributed by atoms with E-state index in [4.69, 9.17) is 28.9 Å². The van der Waals surface area contributed by atoms with Crippen molar-refractivity contribution >= 4 is 29.1 Å². The third-order valence-electron chi connectivity index (χ3n) is 3.90. The van der Waals surface area contributed by atoms with Gasteiger partial charge in [-0.3, -0.25) is 4.79 Å². The number of hydrogen-bond donors (Lipinski definition) is 1. The molecule has 116 valence electrons. The number of benzene rings is 1. The van der Waals surface area contributed by atoms with Gasteiger partial charge in [0, 0.05) is 19.0 Å². The monoisotopic (exact) mass is 328 g/mol. The summed E-state index contributed by atoms with van der Waals surface area (Å²) in [5.74, 6) is 0.601. The lowest BCUT2D eigenvalue weighted by atomic mass is 10.1. The molecule has 1 aromatic rings. The van der Waals surface area contributed by atoms with Crippen LogP contribution in [-0.2, 0) is 11.3 Å². The molecule has 5 heteroatoms. The van der Waals surface area contributed by atoms with Crippen molar-refractivity contribution in [3.05, 3.63) is 33.8 Å². The van der Waals surface area contributed by atoms with Gasteiger partial charge in [0.25, 0.3) is 0 Å². The lowest BCUT2D eigenvalue weighted by Gasteiger charge is -2.23. The molecule has 1 fully saturated rings. The standard InChI is InChI=1S/C16H22Cl2N2O/c1-11(9-19)2-7-16(21)20(13-4-5-13)10-12-3-6-14(17)15(18)8-12/h3,6,8,11,13H,2,4-5,7,9-10,19H2,1H3. The molecule has 1 atom stereocenters. The number of amides is 1. The van der Waals surface area contributed by atoms with Gasteiger partial charge in [-0.1, -0.05) is 36.2 Å². The Kier molecular flexibility index (Phi) is 5.91. The van der Waals surface area contributed by atoms with Gasteiger partial charge in [0.2, 0.25) is 5.91 Å². The van der Waals surface area contributed by atoms with Crippen molar-refractivity contribution in [2.24, 2.45) is 11.7 Å². The van der Waals surface area contributed by atoms with Gasteiger partial charge in [0.05, 0.1) is 10.0 Å². The molecule has 2 N–H and O–H groups in total. The lowest BCUT2D eigenvalue weighted by molar-refractivity contribution is -0.132. The summed E-state index contributed by atoms with van der Waals surface area (Å²) in [4.78, 5) is 14.4. The van der Waals surface area contributed by atoms with E-state index in [1.165, 1.54) is 0 Å². The van der Waals surface area contributed by atoms with Crippen LogP contribution in [0.3, 0.4) is 0 Å². The first-order chi connectivity index (χ1) is 10.0. The van der Waals surface area contributed by atoms with E-state index in [9.17, 15) is 4.79 Å². The van der Waals surface area contributed by atoms with Crippen LogP contribution in [0.5, 0.6) is 0 Å². The largest absolute Gasteiger partial charge is 0.335 e. The van der Waals surface area contributed by atoms with Gasteiger partial charge < -0.3 is 10.6 Å². The van der Waals surface area contributed by atoms with E-state index in [0.717, 1.165) is 24.8 Å². The molecule has 21 heavy (non-hydrogen) atoms. The summed E-state index contributed by atoms with van der Waals surface area (Å²) in [5, 5.41) is 1.08. The van der Waals surface area contributed by atoms with E-state index in [1.54, 1.807) is 6.07 Å². The molecule has 1 unspecified atom stereocenters. The third-order valence-corrected chi connectivity index (χ3v) is 4.64. The van der Waals surface area contributed by atoms with E-state index in [0.29, 0.717) is 41.5 Å². The molecule has 0 heterocycles. The Morgan fingerprint density at radius 3 is 2.67 bits per heavy atom. The number of hydrogen-bond acceptors (Lipinski definition) is 2. The molecule has 1 aliphatic carbocycles. The van der Waals surface area contributed by atoms with Gasteiger partial charge in [-0.05, 0) is 49.4 Å². The van der Waals surface area contributed by atoms with Crippen molar-refractivity contribution in [3.8, 4) is 0 Å². The van der Waals surface area contributed by atoms with Crippen LogP contribution < -0.4 is 5.73 Å². The molecule has 3 nitrogen and oxygen atoms in total. The minimum Gasteiger partial charge on any atom is -0.335 e. The summed E-state index contributed by atoms with van der Waals surface area (Å²) in [5.41, 5.74) is 6.63. The fourth-order valence-electron chi connectivity index (χ4n) is 2.27. The van der Waals surface area contributed by atoms with Crippen molar-refractivity contribution in [2.45, 2.75) is 45.2 Å². The summed E-state index contributed by atoms with van der Waals surface area (Å²) in [7, 11) is 0. The zero-order valence-electron chi connectivity index (χ0n) is 12.3. The third kappa shape index (κ3) is 4.87. The summed E-state index contributed by atoms with van der Waals surface area (Å²) < 4.78 is 0. The summed E-state index contributed by atoms with van der Waals surface area (Å²) >= 11 is 12.0. The molecule has 0 aliphatic heterocycles. The summed E-state index contributed by atoms with van der Waals surface area (Å²) in [6, 6.07) is 5.94. The number of nitrogens with two attached hydrogens (primary N) is 1. The van der Waals surface area contributed by atoms with E-state index in [2.05, 4.69) is 6.92 Å². The first kappa shape index (κ1) is 16.6. The zero-order chi connectivity index (χ0) is 15.4. The highest BCUT2D eigenvalue weighted by molar-refractivity contribution is 6.42. The van der Waals surface area contributed by atoms with Gasteiger partial charge in [0.15, 0.2) is 0 Å². The Hall–Kier alpha value is -0.770. The number of halogens is 2. The average molecular weight is 329 g/mol. The maximum atomic E-state index is 12.4. The van der Waals surface area contributed by atoms with Crippen LogP contribution in [-0.4, -0.2) is 23.4 Å². The molecule has 1 amide bonds. The molecule has 1 saturated carbocycles. The van der Waals surface area contributed by atoms with Crippen molar-refractivity contribution in [1.29, 1.82) is 0 Å². The Morgan fingerprint density at radius 1 is 1.38 bits per heavy atom.